The van der Waals surface area contributed by atoms with Crippen LogP contribution < -0.4 is 0 Å². The first-order valence-corrected chi connectivity index (χ1v) is 40.0. The molecule has 656 valence electrons. The van der Waals surface area contributed by atoms with E-state index >= 15 is 0 Å². The Hall–Kier alpha value is -12.8. The number of ether oxygens (including phenoxy) is 18. The van der Waals surface area contributed by atoms with Crippen molar-refractivity contribution in [3.05, 3.63) is 251 Å². The SMILES string of the molecule is CC(=O)OC[C@H]1OC(OC2(CCl)O[C@H](Cn3cc(CO[C@H]4O[C@H](Cn5cc(CO[C@H]6OC(Cn7cc(C)nn7)[C@@H](OC(=O)c7ccccc7)[C@H](OC(=O)c7ccccc7)[C@@H]6OC(=O)c6ccccc6)nn5)[C@@H](OC(=O)c5ccccc5)[C@H](OC(=O)c5ccccc5)[C@@H]4OC(=O)c4ccccc4)nn3)[C@@H](OC(C)=O)[C@@H]2OC(C)=O)[C@H](OC(C)=O)[C@@H](OC(C)=O)[C@H]1Cl. The number of nitrogens with zero attached hydrogens (tertiary/aromatic N) is 9. The second kappa shape index (κ2) is 41.6. The Morgan fingerprint density at radius 2 is 0.680 bits per heavy atom. The van der Waals surface area contributed by atoms with Gasteiger partial charge >= 0.3 is 65.7 Å². The van der Waals surface area contributed by atoms with Gasteiger partial charge in [0, 0.05) is 40.8 Å². The number of alkyl halides is 2. The predicted molar refractivity (Wildman–Crippen MR) is 422 cm³/mol. The first kappa shape index (κ1) is 90.0. The van der Waals surface area contributed by atoms with E-state index in [0.717, 1.165) is 34.6 Å². The fraction of sp³-hybridized carbons (Fsp3) is 0.376. The minimum absolute atomic E-state index is 0.00187. The van der Waals surface area contributed by atoms with Gasteiger partial charge in [0.25, 0.3) is 0 Å². The molecule has 0 saturated carbocycles. The summed E-state index contributed by atoms with van der Waals surface area (Å²) in [5.41, 5.74) is 0.799. The van der Waals surface area contributed by atoms with Crippen LogP contribution in [0.3, 0.4) is 0 Å². The van der Waals surface area contributed by atoms with Crippen molar-refractivity contribution in [1.82, 2.24) is 45.0 Å². The molecule has 6 aromatic carbocycles. The van der Waals surface area contributed by atoms with Gasteiger partial charge in [0.05, 0.1) is 90.2 Å². The van der Waals surface area contributed by atoms with E-state index in [1.807, 2.05) is 0 Å². The molecule has 0 aliphatic carbocycles. The second-order valence-corrected chi connectivity index (χ2v) is 29.6. The van der Waals surface area contributed by atoms with E-state index in [-0.39, 0.29) is 51.3 Å². The van der Waals surface area contributed by atoms with E-state index < -0.39 is 220 Å². The Kier molecular flexibility index (Phi) is 29.9. The zero-order valence-corrected chi connectivity index (χ0v) is 69.0. The predicted octanol–water partition coefficient (Wildman–Crippen LogP) is 6.98. The van der Waals surface area contributed by atoms with Gasteiger partial charge in [-0.15, -0.1) is 38.5 Å². The Balaban J connectivity index is 0.831. The number of hydrogen-bond donors (Lipinski definition) is 0. The largest absolute Gasteiger partial charge is 0.463 e. The number of rotatable bonds is 33. The topological polar surface area (TPSA) is 446 Å². The Labute approximate surface area is 721 Å². The van der Waals surface area contributed by atoms with E-state index in [1.54, 1.807) is 122 Å². The lowest BCUT2D eigenvalue weighted by Gasteiger charge is -2.45. The fourth-order valence-corrected chi connectivity index (χ4v) is 14.7. The van der Waals surface area contributed by atoms with Crippen LogP contribution in [0, 0.1) is 6.92 Å². The minimum Gasteiger partial charge on any atom is -0.463 e. The number of carbonyl (C=O) groups excluding carboxylic acids is 11. The van der Waals surface area contributed by atoms with Crippen molar-refractivity contribution in [3.63, 3.8) is 0 Å². The quantitative estimate of drug-likeness (QED) is 0.0227. The number of hydrogen-bond acceptors (Lipinski definition) is 35. The molecule has 0 bridgehead atoms. The third-order valence-corrected chi connectivity index (χ3v) is 20.5. The number of aromatic nitrogens is 9. The first-order valence-electron chi connectivity index (χ1n) is 39.0. The van der Waals surface area contributed by atoms with Crippen LogP contribution in [0.25, 0.3) is 0 Å². The van der Waals surface area contributed by atoms with Crippen molar-refractivity contribution in [3.8, 4) is 0 Å². The van der Waals surface area contributed by atoms with Crippen LogP contribution in [-0.2, 0) is 142 Å². The van der Waals surface area contributed by atoms with Crippen LogP contribution in [0.1, 0.15) is 114 Å². The summed E-state index contributed by atoms with van der Waals surface area (Å²) < 4.78 is 116. The van der Waals surface area contributed by atoms with Crippen molar-refractivity contribution in [1.29, 1.82) is 0 Å². The van der Waals surface area contributed by atoms with Crippen molar-refractivity contribution in [2.24, 2.45) is 0 Å². The summed E-state index contributed by atoms with van der Waals surface area (Å²) >= 11 is 13.6. The molecule has 9 aromatic rings. The van der Waals surface area contributed by atoms with Gasteiger partial charge in [-0.1, -0.05) is 125 Å². The molecule has 38 nitrogen and oxygen atoms in total. The lowest BCUT2D eigenvalue weighted by atomic mass is 9.97. The van der Waals surface area contributed by atoms with Gasteiger partial charge in [-0.3, -0.25) is 24.0 Å². The molecule has 4 aliphatic rings. The molecular weight excluding hydrogens is 1680 g/mol. The van der Waals surface area contributed by atoms with Crippen molar-refractivity contribution >= 4 is 88.9 Å². The molecule has 0 radical (unpaired) electrons. The molecule has 3 aromatic heterocycles. The number of aryl methyl sites for hydroxylation is 1. The van der Waals surface area contributed by atoms with Gasteiger partial charge in [0.2, 0.25) is 12.1 Å². The summed E-state index contributed by atoms with van der Waals surface area (Å²) in [6.45, 7) is 4.12. The number of benzene rings is 6. The number of esters is 11. The average Bonchev–Trinajstić information content (AvgIpc) is 1.60. The molecule has 125 heavy (non-hydrogen) atoms. The van der Waals surface area contributed by atoms with Gasteiger partial charge in [-0.25, -0.2) is 42.8 Å². The maximum absolute atomic E-state index is 14.8. The van der Waals surface area contributed by atoms with Crippen LogP contribution in [0.5, 0.6) is 0 Å². The molecule has 19 atom stereocenters. The van der Waals surface area contributed by atoms with Crippen molar-refractivity contribution in [2.75, 3.05) is 12.5 Å². The molecule has 0 N–H and O–H groups in total. The summed E-state index contributed by atoms with van der Waals surface area (Å²) in [6.07, 6.45) is -24.1. The smallest absolute Gasteiger partial charge is 0.338 e. The van der Waals surface area contributed by atoms with Gasteiger partial charge in [-0.2, -0.15) is 0 Å². The highest BCUT2D eigenvalue weighted by atomic mass is 35.5. The zero-order chi connectivity index (χ0) is 88.4. The average molecular weight is 1770 g/mol. The van der Waals surface area contributed by atoms with Crippen LogP contribution in [0.2, 0.25) is 0 Å². The molecule has 13 rings (SSSR count). The van der Waals surface area contributed by atoms with Gasteiger partial charge in [-0.05, 0) is 79.7 Å². The summed E-state index contributed by atoms with van der Waals surface area (Å²) in [5.74, 6) is -13.3. The highest BCUT2D eigenvalue weighted by molar-refractivity contribution is 6.21. The highest BCUT2D eigenvalue weighted by Gasteiger charge is 2.64. The molecule has 4 saturated heterocycles. The van der Waals surface area contributed by atoms with Crippen LogP contribution in [0.15, 0.2) is 201 Å². The van der Waals surface area contributed by atoms with E-state index in [9.17, 15) is 52.7 Å². The van der Waals surface area contributed by atoms with Crippen molar-refractivity contribution < 1.29 is 138 Å². The molecule has 4 fully saturated rings. The summed E-state index contributed by atoms with van der Waals surface area (Å²) in [6, 6.07) is 46.8. The molecule has 3 unspecified atom stereocenters. The summed E-state index contributed by atoms with van der Waals surface area (Å²) in [4.78, 5) is 151. The second-order valence-electron chi connectivity index (χ2n) is 28.8. The third-order valence-electron chi connectivity index (χ3n) is 19.6. The van der Waals surface area contributed by atoms with E-state index in [0.29, 0.717) is 5.69 Å². The third kappa shape index (κ3) is 23.0. The fourth-order valence-electron chi connectivity index (χ4n) is 14.1. The summed E-state index contributed by atoms with van der Waals surface area (Å²) in [7, 11) is 0. The molecule has 7 heterocycles. The Bertz CT molecular complexity index is 5240. The van der Waals surface area contributed by atoms with Gasteiger partial charge < -0.3 is 85.3 Å². The maximum Gasteiger partial charge on any atom is 0.338 e. The van der Waals surface area contributed by atoms with Crippen LogP contribution in [-0.4, -0.2) is 239 Å². The molecule has 4 aliphatic heterocycles. The van der Waals surface area contributed by atoms with E-state index in [2.05, 4.69) is 30.9 Å². The number of carbonyl (C=O) groups is 11. The van der Waals surface area contributed by atoms with Crippen molar-refractivity contribution in [2.45, 2.75) is 190 Å². The molecule has 40 heteroatoms. The maximum atomic E-state index is 14.8. The molecule has 0 spiro atoms. The zero-order valence-electron chi connectivity index (χ0n) is 67.5. The minimum atomic E-state index is -2.44. The number of halogens is 2. The van der Waals surface area contributed by atoms with Gasteiger partial charge in [0.1, 0.15) is 47.8 Å². The highest BCUT2D eigenvalue weighted by Crippen LogP contribution is 2.43. The lowest BCUT2D eigenvalue weighted by molar-refractivity contribution is -0.359. The Morgan fingerprint density at radius 3 is 1.03 bits per heavy atom. The monoisotopic (exact) mass is 1760 g/mol. The first-order chi connectivity index (χ1) is 60.2. The summed E-state index contributed by atoms with van der Waals surface area (Å²) in [5, 5.41) is 24.5. The van der Waals surface area contributed by atoms with E-state index in [4.69, 9.17) is 108 Å². The lowest BCUT2D eigenvalue weighted by Crippen LogP contribution is -2.63. The van der Waals surface area contributed by atoms with Crippen LogP contribution in [0.4, 0.5) is 0 Å². The Morgan fingerprint density at radius 1 is 0.360 bits per heavy atom. The van der Waals surface area contributed by atoms with Crippen LogP contribution >= 0.6 is 23.2 Å². The molecule has 0 amide bonds. The molecular formula is C85H83Cl2N9O29. The van der Waals surface area contributed by atoms with E-state index in [1.165, 1.54) is 99.2 Å². The normalized spacial score (nSPS) is 25.7. The van der Waals surface area contributed by atoms with Gasteiger partial charge in [0.15, 0.2) is 73.6 Å². The standard InChI is InChI=1S/C85H83Cl2N9O29/c1-47-37-94(91-88-47)40-61-66(118-76(102)53-25-13-7-14-26-53)70(120-78(104)55-29-17-9-18-30-55)73(122-80(106)57-33-21-11-22-34-57)82(115-61)109-43-59-38-95(92-89-59)41-62-67(119-77(103)54-27-15-8-16-28-54)71(121-79(105)56-31-19-10-20-32-56)74(123-81(107)58-35-23-12-24-36-58)83(116-62)110-44-60-39-96(93-90-60)42-63-68(111-49(3)98)75(114-52(6)101)85(46-86,124-63)125-84-72(113-51(5)100)69(112-50(4)99)65(87)64(117-84)45-108-48(2)97/h7-39,61-75,82-84H,40-46H2,1-6H3/t61?,62-,63-,64-,65+,66-,67-,68-,69+,70+,71+,72-,73+,74+,75+,82+,83+,84?,85?/m1/s1.